The van der Waals surface area contributed by atoms with E-state index in [1.54, 1.807) is 0 Å². The molecule has 1 unspecified atom stereocenters. The van der Waals surface area contributed by atoms with E-state index in [2.05, 4.69) is 4.90 Å². The van der Waals surface area contributed by atoms with Crippen molar-refractivity contribution in [1.29, 1.82) is 0 Å². The third kappa shape index (κ3) is 2.81. The van der Waals surface area contributed by atoms with Gasteiger partial charge in [-0.05, 0) is 43.0 Å². The Bertz CT molecular complexity index is 466. The van der Waals surface area contributed by atoms with Gasteiger partial charge in [-0.2, -0.15) is 0 Å². The van der Waals surface area contributed by atoms with Crippen LogP contribution in [-0.2, 0) is 6.54 Å². The molecule has 19 heavy (non-hydrogen) atoms. The highest BCUT2D eigenvalue weighted by Gasteiger charge is 2.23. The summed E-state index contributed by atoms with van der Waals surface area (Å²) in [4.78, 5) is 2.40. The van der Waals surface area contributed by atoms with Crippen LogP contribution >= 0.6 is 11.6 Å². The number of fused-ring (bicyclic) bond motifs is 1. The van der Waals surface area contributed by atoms with Crippen molar-refractivity contribution in [2.75, 3.05) is 26.5 Å². The highest BCUT2D eigenvalue weighted by Crippen LogP contribution is 2.40. The van der Waals surface area contributed by atoms with Crippen LogP contribution in [0.3, 0.4) is 0 Å². The predicted octanol–water partition coefficient (Wildman–Crippen LogP) is 2.27. The van der Waals surface area contributed by atoms with Crippen molar-refractivity contribution in [1.82, 2.24) is 4.90 Å². The van der Waals surface area contributed by atoms with Gasteiger partial charge in [-0.3, -0.25) is 4.90 Å². The average Bonchev–Trinajstić information content (AvgIpc) is 2.99. The van der Waals surface area contributed by atoms with E-state index in [1.165, 1.54) is 6.42 Å². The molecule has 4 nitrogen and oxygen atoms in total. The third-order valence-electron chi connectivity index (χ3n) is 3.80. The van der Waals surface area contributed by atoms with Gasteiger partial charge in [0.05, 0.1) is 5.02 Å². The molecule has 2 aliphatic rings. The first-order chi connectivity index (χ1) is 9.26. The highest BCUT2D eigenvalue weighted by atomic mass is 35.5. The minimum atomic E-state index is 0.251. The molecule has 0 aromatic heterocycles. The Morgan fingerprint density at radius 3 is 3.11 bits per heavy atom. The molecule has 0 saturated carbocycles. The monoisotopic (exact) mass is 283 g/mol. The Kier molecular flexibility index (Phi) is 3.82. The minimum Gasteiger partial charge on any atom is -0.454 e. The molecule has 0 amide bonds. The maximum atomic E-state index is 8.98. The van der Waals surface area contributed by atoms with E-state index in [0.29, 0.717) is 16.7 Å². The first-order valence-corrected chi connectivity index (χ1v) is 7.05. The lowest BCUT2D eigenvalue weighted by atomic mass is 10.1. The molecule has 1 fully saturated rings. The molecule has 0 bridgehead atoms. The van der Waals surface area contributed by atoms with E-state index in [0.717, 1.165) is 37.4 Å². The van der Waals surface area contributed by atoms with Crippen LogP contribution in [-0.4, -0.2) is 36.5 Å². The van der Waals surface area contributed by atoms with Crippen molar-refractivity contribution < 1.29 is 14.6 Å². The summed E-state index contributed by atoms with van der Waals surface area (Å²) < 4.78 is 10.7. The summed E-state index contributed by atoms with van der Waals surface area (Å²) in [6.45, 7) is 3.54. The van der Waals surface area contributed by atoms with Gasteiger partial charge in [0.25, 0.3) is 0 Å². The Hall–Kier alpha value is -0.970. The molecule has 104 valence electrons. The number of likely N-dealkylation sites (tertiary alicyclic amines) is 1. The first kappa shape index (κ1) is 13.0. The SMILES string of the molecule is OCCC1CCN(Cc2cc(Cl)c3c(c2)OCO3)C1. The number of hydrogen-bond donors (Lipinski definition) is 1. The van der Waals surface area contributed by atoms with Crippen molar-refractivity contribution in [3.63, 3.8) is 0 Å². The van der Waals surface area contributed by atoms with Crippen LogP contribution in [0, 0.1) is 5.92 Å². The number of benzene rings is 1. The van der Waals surface area contributed by atoms with Gasteiger partial charge in [0, 0.05) is 19.7 Å². The van der Waals surface area contributed by atoms with Crippen molar-refractivity contribution in [3.8, 4) is 11.5 Å². The second-order valence-electron chi connectivity index (χ2n) is 5.21. The van der Waals surface area contributed by atoms with E-state index in [9.17, 15) is 0 Å². The molecule has 2 heterocycles. The molecule has 1 atom stereocenters. The van der Waals surface area contributed by atoms with E-state index in [4.69, 9.17) is 26.2 Å². The Balaban J connectivity index is 1.66. The van der Waals surface area contributed by atoms with Gasteiger partial charge in [-0.15, -0.1) is 0 Å². The quantitative estimate of drug-likeness (QED) is 0.920. The molecular weight excluding hydrogens is 266 g/mol. The van der Waals surface area contributed by atoms with Gasteiger partial charge < -0.3 is 14.6 Å². The van der Waals surface area contributed by atoms with Crippen LogP contribution in [0.5, 0.6) is 11.5 Å². The molecule has 2 aliphatic heterocycles. The molecular formula is C14H18ClNO3. The van der Waals surface area contributed by atoms with Crippen molar-refractivity contribution in [2.45, 2.75) is 19.4 Å². The second kappa shape index (κ2) is 5.57. The lowest BCUT2D eigenvalue weighted by molar-refractivity contribution is 0.174. The molecule has 3 rings (SSSR count). The third-order valence-corrected chi connectivity index (χ3v) is 4.08. The van der Waals surface area contributed by atoms with E-state index in [1.807, 2.05) is 12.1 Å². The van der Waals surface area contributed by atoms with Crippen LogP contribution in [0.25, 0.3) is 0 Å². The second-order valence-corrected chi connectivity index (χ2v) is 5.62. The minimum absolute atomic E-state index is 0.251. The zero-order valence-electron chi connectivity index (χ0n) is 10.8. The number of hydrogen-bond acceptors (Lipinski definition) is 4. The summed E-state index contributed by atoms with van der Waals surface area (Å²) in [5.74, 6) is 2.02. The van der Waals surface area contributed by atoms with Crippen LogP contribution < -0.4 is 9.47 Å². The van der Waals surface area contributed by atoms with Gasteiger partial charge >= 0.3 is 0 Å². The average molecular weight is 284 g/mol. The zero-order valence-corrected chi connectivity index (χ0v) is 11.5. The lowest BCUT2D eigenvalue weighted by Crippen LogP contribution is -2.20. The molecule has 5 heteroatoms. The summed E-state index contributed by atoms with van der Waals surface area (Å²) in [7, 11) is 0. The Labute approximate surface area is 117 Å². The fraction of sp³-hybridized carbons (Fsp3) is 0.571. The number of rotatable bonds is 4. The molecule has 0 spiro atoms. The number of nitrogens with zero attached hydrogens (tertiary/aromatic N) is 1. The van der Waals surface area contributed by atoms with E-state index < -0.39 is 0 Å². The van der Waals surface area contributed by atoms with Gasteiger partial charge in [0.2, 0.25) is 6.79 Å². The molecule has 0 radical (unpaired) electrons. The Morgan fingerprint density at radius 2 is 2.26 bits per heavy atom. The fourth-order valence-corrected chi connectivity index (χ4v) is 3.13. The van der Waals surface area contributed by atoms with Crippen LogP contribution in [0.4, 0.5) is 0 Å². The zero-order chi connectivity index (χ0) is 13.2. The predicted molar refractivity (Wildman–Crippen MR) is 72.7 cm³/mol. The van der Waals surface area contributed by atoms with Gasteiger partial charge in [-0.1, -0.05) is 11.6 Å². The summed E-state index contributed by atoms with van der Waals surface area (Å²) in [6.07, 6.45) is 2.07. The number of ether oxygens (including phenoxy) is 2. The maximum Gasteiger partial charge on any atom is 0.231 e. The highest BCUT2D eigenvalue weighted by molar-refractivity contribution is 6.32. The van der Waals surface area contributed by atoms with Crippen LogP contribution in [0.15, 0.2) is 12.1 Å². The van der Waals surface area contributed by atoms with E-state index >= 15 is 0 Å². The number of aliphatic hydroxyl groups excluding tert-OH is 1. The molecule has 1 saturated heterocycles. The normalized spacial score (nSPS) is 22.1. The molecule has 1 aromatic carbocycles. The molecule has 1 N–H and O–H groups in total. The van der Waals surface area contributed by atoms with E-state index in [-0.39, 0.29) is 13.4 Å². The molecule has 1 aromatic rings. The standard InChI is InChI=1S/C14H18ClNO3/c15-12-5-11(6-13-14(12)19-9-18-13)8-16-3-1-10(7-16)2-4-17/h5-6,10,17H,1-4,7-9H2. The van der Waals surface area contributed by atoms with Gasteiger partial charge in [0.15, 0.2) is 11.5 Å². The van der Waals surface area contributed by atoms with Crippen molar-refractivity contribution in [3.05, 3.63) is 22.7 Å². The van der Waals surface area contributed by atoms with Crippen molar-refractivity contribution >= 4 is 11.6 Å². The maximum absolute atomic E-state index is 8.98. The number of aliphatic hydroxyl groups is 1. The summed E-state index contributed by atoms with van der Waals surface area (Å²) in [5, 5.41) is 9.60. The largest absolute Gasteiger partial charge is 0.454 e. The fourth-order valence-electron chi connectivity index (χ4n) is 2.84. The van der Waals surface area contributed by atoms with Crippen LogP contribution in [0.2, 0.25) is 5.02 Å². The Morgan fingerprint density at radius 1 is 1.37 bits per heavy atom. The van der Waals surface area contributed by atoms with Gasteiger partial charge in [0.1, 0.15) is 0 Å². The summed E-state index contributed by atoms with van der Waals surface area (Å²) in [5.41, 5.74) is 1.15. The number of halogens is 1. The smallest absolute Gasteiger partial charge is 0.231 e. The lowest BCUT2D eigenvalue weighted by Gasteiger charge is -2.16. The molecule has 0 aliphatic carbocycles. The topological polar surface area (TPSA) is 41.9 Å². The van der Waals surface area contributed by atoms with Gasteiger partial charge in [-0.25, -0.2) is 0 Å². The summed E-state index contributed by atoms with van der Waals surface area (Å²) in [6, 6.07) is 3.96. The summed E-state index contributed by atoms with van der Waals surface area (Å²) >= 11 is 6.18. The van der Waals surface area contributed by atoms with Crippen molar-refractivity contribution in [2.24, 2.45) is 5.92 Å². The van der Waals surface area contributed by atoms with Crippen LogP contribution in [0.1, 0.15) is 18.4 Å². The first-order valence-electron chi connectivity index (χ1n) is 6.67.